The van der Waals surface area contributed by atoms with Crippen LogP contribution in [0, 0.1) is 17.5 Å². The number of guanidine groups is 1. The van der Waals surface area contributed by atoms with Crippen LogP contribution in [0.1, 0.15) is 16.7 Å². The third-order valence-electron chi connectivity index (χ3n) is 3.72. The lowest BCUT2D eigenvalue weighted by Crippen LogP contribution is -2.30. The minimum atomic E-state index is -0.385. The van der Waals surface area contributed by atoms with E-state index in [-0.39, 0.29) is 23.4 Å². The fourth-order valence-corrected chi connectivity index (χ4v) is 2.24. The molecule has 0 atom stereocenters. The first kappa shape index (κ1) is 21.4. The van der Waals surface area contributed by atoms with Gasteiger partial charge in [0, 0.05) is 0 Å². The van der Waals surface area contributed by atoms with Gasteiger partial charge in [-0.15, -0.1) is 5.10 Å². The van der Waals surface area contributed by atoms with Gasteiger partial charge < -0.3 is 0 Å². The summed E-state index contributed by atoms with van der Waals surface area (Å²) in [6.07, 6.45) is 4.27. The third-order valence-corrected chi connectivity index (χ3v) is 3.72. The zero-order valence-electron chi connectivity index (χ0n) is 16.1. The molecule has 3 aromatic rings. The molecule has 2 N–H and O–H groups in total. The molecule has 31 heavy (non-hydrogen) atoms. The van der Waals surface area contributed by atoms with Crippen LogP contribution in [0.2, 0.25) is 0 Å². The fourth-order valence-electron chi connectivity index (χ4n) is 2.24. The first-order chi connectivity index (χ1) is 15.1. The molecule has 0 heterocycles. The highest BCUT2D eigenvalue weighted by Crippen LogP contribution is 2.01. The van der Waals surface area contributed by atoms with Crippen molar-refractivity contribution in [2.75, 3.05) is 0 Å². The van der Waals surface area contributed by atoms with Crippen molar-refractivity contribution in [2.24, 2.45) is 20.4 Å². The van der Waals surface area contributed by atoms with Crippen molar-refractivity contribution in [3.8, 4) is 0 Å². The molecule has 0 unspecified atom stereocenters. The van der Waals surface area contributed by atoms with Gasteiger partial charge in [-0.2, -0.15) is 15.3 Å². The lowest BCUT2D eigenvalue weighted by molar-refractivity contribution is 0.627. The van der Waals surface area contributed by atoms with Crippen LogP contribution < -0.4 is 10.9 Å². The van der Waals surface area contributed by atoms with Crippen molar-refractivity contribution in [2.45, 2.75) is 0 Å². The molecule has 6 nitrogen and oxygen atoms in total. The van der Waals surface area contributed by atoms with Crippen LogP contribution in [0.4, 0.5) is 13.2 Å². The van der Waals surface area contributed by atoms with Crippen LogP contribution in [0.25, 0.3) is 0 Å². The highest BCUT2D eigenvalue weighted by atomic mass is 19.1. The summed E-state index contributed by atoms with van der Waals surface area (Å²) < 4.78 is 39.2. The Hall–Kier alpha value is -4.27. The third kappa shape index (κ3) is 7.58. The molecule has 0 saturated carbocycles. The first-order valence-corrected chi connectivity index (χ1v) is 9.04. The monoisotopic (exact) mass is 422 g/mol. The van der Waals surface area contributed by atoms with E-state index >= 15 is 0 Å². The zero-order chi connectivity index (χ0) is 21.9. The maximum Gasteiger partial charge on any atom is 0.257 e. The molecule has 0 saturated heterocycles. The van der Waals surface area contributed by atoms with Gasteiger partial charge in [0.05, 0.1) is 18.6 Å². The van der Waals surface area contributed by atoms with Gasteiger partial charge in [0.15, 0.2) is 0 Å². The quantitative estimate of drug-likeness (QED) is 0.358. The summed E-state index contributed by atoms with van der Waals surface area (Å²) in [5, 5.41) is 15.8. The minimum absolute atomic E-state index is 0.0596. The number of rotatable bonds is 6. The minimum Gasteiger partial charge on any atom is -0.244 e. The topological polar surface area (TPSA) is 73.5 Å². The first-order valence-electron chi connectivity index (χ1n) is 9.04. The van der Waals surface area contributed by atoms with Crippen LogP contribution in [0.5, 0.6) is 0 Å². The molecule has 0 aliphatic carbocycles. The van der Waals surface area contributed by atoms with E-state index in [0.29, 0.717) is 16.7 Å². The van der Waals surface area contributed by atoms with Gasteiger partial charge in [0.1, 0.15) is 17.5 Å². The molecule has 3 rings (SSSR count). The van der Waals surface area contributed by atoms with E-state index < -0.39 is 0 Å². The Morgan fingerprint density at radius 3 is 1.74 bits per heavy atom. The summed E-state index contributed by atoms with van der Waals surface area (Å²) in [7, 11) is 0. The Morgan fingerprint density at radius 2 is 1.16 bits per heavy atom. The maximum atomic E-state index is 13.3. The average Bonchev–Trinajstić information content (AvgIpc) is 2.76. The summed E-state index contributed by atoms with van der Waals surface area (Å²) in [6.45, 7) is 0. The Balaban J connectivity index is 1.70. The Kier molecular flexibility index (Phi) is 7.64. The summed E-state index contributed by atoms with van der Waals surface area (Å²) in [6, 6.07) is 17.3. The summed E-state index contributed by atoms with van der Waals surface area (Å²) in [5.74, 6) is -1.03. The van der Waals surface area contributed by atoms with Crippen LogP contribution in [-0.4, -0.2) is 24.6 Å². The number of hydrogen-bond acceptors (Lipinski definition) is 4. The van der Waals surface area contributed by atoms with Crippen molar-refractivity contribution in [1.82, 2.24) is 10.9 Å². The number of hydrazone groups is 2. The van der Waals surface area contributed by atoms with Crippen molar-refractivity contribution in [1.29, 1.82) is 0 Å². The van der Waals surface area contributed by atoms with Gasteiger partial charge in [0.2, 0.25) is 0 Å². The molecule has 156 valence electrons. The summed E-state index contributed by atoms with van der Waals surface area (Å²) in [4.78, 5) is 0. The largest absolute Gasteiger partial charge is 0.257 e. The number of nitrogens with zero attached hydrogens (tertiary/aromatic N) is 4. The second-order valence-corrected chi connectivity index (χ2v) is 6.09. The standard InChI is InChI=1S/C22H17F3N6/c23-19-8-4-16(5-9-19)13-26-29-22(30-27-14-17-6-10-20(24)11-7-17)31-28-15-18-2-1-3-21(25)12-18/h1-15H,(H2,29,30,31)/b26-13+,27-14+,28-15+. The molecule has 0 fully saturated rings. The number of hydrogen-bond donors (Lipinski definition) is 2. The van der Waals surface area contributed by atoms with Crippen LogP contribution in [-0.2, 0) is 0 Å². The predicted octanol–water partition coefficient (Wildman–Crippen LogP) is 4.04. The van der Waals surface area contributed by atoms with E-state index in [2.05, 4.69) is 31.3 Å². The molecular weight excluding hydrogens is 405 g/mol. The number of halogens is 3. The number of benzene rings is 3. The van der Waals surface area contributed by atoms with Crippen molar-refractivity contribution >= 4 is 24.6 Å². The molecule has 9 heteroatoms. The van der Waals surface area contributed by atoms with Crippen molar-refractivity contribution in [3.05, 3.63) is 107 Å². The van der Waals surface area contributed by atoms with Crippen LogP contribution in [0.15, 0.2) is 93.2 Å². The maximum absolute atomic E-state index is 13.3. The average molecular weight is 422 g/mol. The van der Waals surface area contributed by atoms with E-state index in [4.69, 9.17) is 0 Å². The fraction of sp³-hybridized carbons (Fsp3) is 0. The highest BCUT2D eigenvalue weighted by Gasteiger charge is 1.96. The molecule has 0 aliphatic heterocycles. The van der Waals surface area contributed by atoms with E-state index in [1.54, 1.807) is 36.4 Å². The molecular formula is C22H17F3N6. The van der Waals surface area contributed by atoms with Crippen LogP contribution in [0.3, 0.4) is 0 Å². The molecule has 0 bridgehead atoms. The van der Waals surface area contributed by atoms with Gasteiger partial charge in [0.25, 0.3) is 5.96 Å². The molecule has 0 amide bonds. The number of nitrogens with one attached hydrogen (secondary N) is 2. The Bertz CT molecular complexity index is 1110. The van der Waals surface area contributed by atoms with E-state index in [9.17, 15) is 13.2 Å². The second-order valence-electron chi connectivity index (χ2n) is 6.09. The molecule has 0 spiro atoms. The summed E-state index contributed by atoms with van der Waals surface area (Å²) in [5.41, 5.74) is 7.08. The second kappa shape index (κ2) is 11.1. The lowest BCUT2D eigenvalue weighted by atomic mass is 10.2. The van der Waals surface area contributed by atoms with E-state index in [0.717, 1.165) is 0 Å². The highest BCUT2D eigenvalue weighted by molar-refractivity contribution is 5.86. The Morgan fingerprint density at radius 1 is 0.613 bits per heavy atom. The van der Waals surface area contributed by atoms with Crippen molar-refractivity contribution in [3.63, 3.8) is 0 Å². The smallest absolute Gasteiger partial charge is 0.244 e. The van der Waals surface area contributed by atoms with Gasteiger partial charge in [-0.3, -0.25) is 0 Å². The zero-order valence-corrected chi connectivity index (χ0v) is 16.1. The lowest BCUT2D eigenvalue weighted by Gasteiger charge is -2.02. The molecule has 0 aliphatic rings. The summed E-state index contributed by atoms with van der Waals surface area (Å²) >= 11 is 0. The normalized spacial score (nSPS) is 12.2. The SMILES string of the molecule is Fc1ccc(/C=N/N=C(N/N=C/c2ccc(F)cc2)N/N=C/c2cccc(F)c2)cc1. The predicted molar refractivity (Wildman–Crippen MR) is 116 cm³/mol. The van der Waals surface area contributed by atoms with E-state index in [1.807, 2.05) is 0 Å². The van der Waals surface area contributed by atoms with Crippen molar-refractivity contribution < 1.29 is 13.2 Å². The van der Waals surface area contributed by atoms with Gasteiger partial charge in [-0.05, 0) is 53.1 Å². The molecule has 0 radical (unpaired) electrons. The van der Waals surface area contributed by atoms with Gasteiger partial charge in [-0.1, -0.05) is 36.4 Å². The molecule has 3 aromatic carbocycles. The van der Waals surface area contributed by atoms with Crippen LogP contribution >= 0.6 is 0 Å². The Labute approximate surface area is 176 Å². The molecule has 0 aromatic heterocycles. The van der Waals surface area contributed by atoms with Gasteiger partial charge >= 0.3 is 0 Å². The van der Waals surface area contributed by atoms with E-state index in [1.165, 1.54) is 55.0 Å². The van der Waals surface area contributed by atoms with Gasteiger partial charge in [-0.25, -0.2) is 24.0 Å².